The second-order valence-corrected chi connectivity index (χ2v) is 4.19. The third-order valence-corrected chi connectivity index (χ3v) is 2.43. The van der Waals surface area contributed by atoms with Gasteiger partial charge < -0.3 is 0 Å². The molecule has 0 bridgehead atoms. The van der Waals surface area contributed by atoms with Gasteiger partial charge in [-0.3, -0.25) is 5.14 Å². The third kappa shape index (κ3) is 6.45. The van der Waals surface area contributed by atoms with Crippen molar-refractivity contribution >= 4 is 11.9 Å². The summed E-state index contributed by atoms with van der Waals surface area (Å²) >= 11 is 1.49. The monoisotopic (exact) mass is 173 g/mol. The fraction of sp³-hybridized carbons (Fsp3) is 0.778. The van der Waals surface area contributed by atoms with Crippen molar-refractivity contribution in [2.75, 3.05) is 0 Å². The number of allylic oxidation sites excluding steroid dienone is 1. The van der Waals surface area contributed by atoms with Crippen LogP contribution in [-0.2, 0) is 0 Å². The van der Waals surface area contributed by atoms with E-state index in [0.717, 1.165) is 12.3 Å². The van der Waals surface area contributed by atoms with Gasteiger partial charge in [0.15, 0.2) is 0 Å². The Balaban J connectivity index is 3.48. The highest BCUT2D eigenvalue weighted by molar-refractivity contribution is 7.97. The topological polar surface area (TPSA) is 26.0 Å². The van der Waals surface area contributed by atoms with E-state index in [4.69, 9.17) is 5.14 Å². The van der Waals surface area contributed by atoms with Gasteiger partial charge in [0, 0.05) is 5.25 Å². The first-order valence-corrected chi connectivity index (χ1v) is 5.11. The first-order chi connectivity index (χ1) is 5.20. The maximum atomic E-state index is 5.54. The van der Waals surface area contributed by atoms with Crippen LogP contribution in [0.2, 0.25) is 0 Å². The summed E-state index contributed by atoms with van der Waals surface area (Å²) in [4.78, 5) is 0. The summed E-state index contributed by atoms with van der Waals surface area (Å²) in [6, 6.07) is 0. The lowest BCUT2D eigenvalue weighted by Crippen LogP contribution is -2.09. The molecule has 0 amide bonds. The van der Waals surface area contributed by atoms with Crippen LogP contribution in [0.25, 0.3) is 0 Å². The summed E-state index contributed by atoms with van der Waals surface area (Å²) in [6.45, 7) is 8.16. The predicted octanol–water partition coefficient (Wildman–Crippen LogP) is 2.97. The van der Waals surface area contributed by atoms with Crippen LogP contribution in [0.4, 0.5) is 0 Å². The van der Waals surface area contributed by atoms with Gasteiger partial charge in [-0.05, 0) is 25.2 Å². The van der Waals surface area contributed by atoms with Crippen molar-refractivity contribution in [3.63, 3.8) is 0 Å². The molecule has 11 heavy (non-hydrogen) atoms. The quantitative estimate of drug-likeness (QED) is 0.493. The Morgan fingerprint density at radius 2 is 2.18 bits per heavy atom. The largest absolute Gasteiger partial charge is 0.278 e. The maximum Gasteiger partial charge on any atom is 0.0196 e. The van der Waals surface area contributed by atoms with Crippen molar-refractivity contribution in [1.29, 1.82) is 0 Å². The lowest BCUT2D eigenvalue weighted by Gasteiger charge is -2.14. The van der Waals surface area contributed by atoms with E-state index in [1.807, 2.05) is 6.08 Å². The van der Waals surface area contributed by atoms with Gasteiger partial charge in [-0.25, -0.2) is 0 Å². The molecule has 66 valence electrons. The minimum atomic E-state index is 0.619. The van der Waals surface area contributed by atoms with Crippen LogP contribution in [0.3, 0.4) is 0 Å². The zero-order chi connectivity index (χ0) is 8.69. The first kappa shape index (κ1) is 11.1. The van der Waals surface area contributed by atoms with Crippen molar-refractivity contribution in [3.8, 4) is 0 Å². The molecule has 2 N–H and O–H groups in total. The van der Waals surface area contributed by atoms with Crippen LogP contribution in [-0.4, -0.2) is 5.25 Å². The minimum Gasteiger partial charge on any atom is -0.278 e. The molecule has 0 heterocycles. The molecule has 0 spiro atoms. The highest BCUT2D eigenvalue weighted by atomic mass is 32.2. The normalized spacial score (nSPS) is 13.5. The first-order valence-electron chi connectivity index (χ1n) is 4.17. The van der Waals surface area contributed by atoms with E-state index in [1.165, 1.54) is 24.8 Å². The smallest absolute Gasteiger partial charge is 0.0196 e. The lowest BCUT2D eigenvalue weighted by atomic mass is 10.0. The zero-order valence-electron chi connectivity index (χ0n) is 7.55. The van der Waals surface area contributed by atoms with Crippen molar-refractivity contribution in [1.82, 2.24) is 0 Å². The molecule has 0 aromatic rings. The molecule has 2 heteroatoms. The summed E-state index contributed by atoms with van der Waals surface area (Å²) < 4.78 is 0. The summed E-state index contributed by atoms with van der Waals surface area (Å²) in [5, 5.41) is 6.16. The van der Waals surface area contributed by atoms with E-state index < -0.39 is 0 Å². The maximum absolute atomic E-state index is 5.54. The van der Waals surface area contributed by atoms with E-state index in [-0.39, 0.29) is 0 Å². The van der Waals surface area contributed by atoms with E-state index in [1.54, 1.807) is 0 Å². The molecule has 1 nitrogen and oxygen atoms in total. The number of rotatable bonds is 6. The molecule has 0 aliphatic heterocycles. The number of hydrogen-bond acceptors (Lipinski definition) is 2. The molecule has 0 radical (unpaired) electrons. The Bertz CT molecular complexity index is 102. The molecule has 0 saturated heterocycles. The Morgan fingerprint density at radius 3 is 2.55 bits per heavy atom. The van der Waals surface area contributed by atoms with Gasteiger partial charge in [0.05, 0.1) is 0 Å². The van der Waals surface area contributed by atoms with Crippen molar-refractivity contribution in [3.05, 3.63) is 12.7 Å². The van der Waals surface area contributed by atoms with E-state index in [9.17, 15) is 0 Å². The summed E-state index contributed by atoms with van der Waals surface area (Å²) in [6.07, 6.45) is 5.43. The Kier molecular flexibility index (Phi) is 6.77. The average Bonchev–Trinajstić information content (AvgIpc) is 1.97. The van der Waals surface area contributed by atoms with Gasteiger partial charge in [-0.2, -0.15) is 0 Å². The standard InChI is InChI=1S/C9H19NS/c1-4-5-6-9(11-10)7-8(2)3/h4,8-9H,1,5-7,10H2,2-3H3. The van der Waals surface area contributed by atoms with Crippen molar-refractivity contribution < 1.29 is 0 Å². The summed E-state index contributed by atoms with van der Waals surface area (Å²) in [5.74, 6) is 0.751. The SMILES string of the molecule is C=CCCC(CC(C)C)SN. The Hall–Kier alpha value is 0.0500. The predicted molar refractivity (Wildman–Crippen MR) is 54.5 cm³/mol. The molecule has 0 fully saturated rings. The van der Waals surface area contributed by atoms with Gasteiger partial charge >= 0.3 is 0 Å². The molecule has 0 saturated carbocycles. The second-order valence-electron chi connectivity index (χ2n) is 3.25. The minimum absolute atomic E-state index is 0.619. The van der Waals surface area contributed by atoms with Gasteiger partial charge in [0.1, 0.15) is 0 Å². The number of hydrogen-bond donors (Lipinski definition) is 1. The number of nitrogens with two attached hydrogens (primary N) is 1. The molecule has 1 atom stereocenters. The molecule has 0 rings (SSSR count). The molecule has 1 unspecified atom stereocenters. The average molecular weight is 173 g/mol. The van der Waals surface area contributed by atoms with Gasteiger partial charge in [-0.1, -0.05) is 31.9 Å². The summed E-state index contributed by atoms with van der Waals surface area (Å²) in [7, 11) is 0. The molecular formula is C9H19NS. The van der Waals surface area contributed by atoms with Crippen LogP contribution in [0.5, 0.6) is 0 Å². The van der Waals surface area contributed by atoms with Crippen LogP contribution >= 0.6 is 11.9 Å². The van der Waals surface area contributed by atoms with E-state index in [0.29, 0.717) is 5.25 Å². The molecular weight excluding hydrogens is 154 g/mol. The zero-order valence-corrected chi connectivity index (χ0v) is 8.36. The van der Waals surface area contributed by atoms with Crippen LogP contribution < -0.4 is 5.14 Å². The van der Waals surface area contributed by atoms with Gasteiger partial charge in [0.25, 0.3) is 0 Å². The van der Waals surface area contributed by atoms with Crippen LogP contribution in [0, 0.1) is 5.92 Å². The molecule has 0 aliphatic rings. The van der Waals surface area contributed by atoms with Crippen molar-refractivity contribution in [2.45, 2.75) is 38.4 Å². The van der Waals surface area contributed by atoms with Gasteiger partial charge in [0.2, 0.25) is 0 Å². The second kappa shape index (κ2) is 6.74. The van der Waals surface area contributed by atoms with Gasteiger partial charge in [-0.15, -0.1) is 6.58 Å². The lowest BCUT2D eigenvalue weighted by molar-refractivity contribution is 0.552. The highest BCUT2D eigenvalue weighted by Gasteiger charge is 2.08. The highest BCUT2D eigenvalue weighted by Crippen LogP contribution is 2.19. The summed E-state index contributed by atoms with van der Waals surface area (Å²) in [5.41, 5.74) is 0. The van der Waals surface area contributed by atoms with E-state index >= 15 is 0 Å². The fourth-order valence-corrected chi connectivity index (χ4v) is 1.84. The molecule has 0 aromatic heterocycles. The molecule has 0 aromatic carbocycles. The van der Waals surface area contributed by atoms with Crippen molar-refractivity contribution in [2.24, 2.45) is 11.1 Å². The molecule has 0 aliphatic carbocycles. The fourth-order valence-electron chi connectivity index (χ4n) is 1.07. The Morgan fingerprint density at radius 1 is 1.55 bits per heavy atom. The third-order valence-electron chi connectivity index (χ3n) is 1.62. The Labute approximate surface area is 74.6 Å². The van der Waals surface area contributed by atoms with Crippen LogP contribution in [0.1, 0.15) is 33.1 Å². The van der Waals surface area contributed by atoms with E-state index in [2.05, 4.69) is 20.4 Å². The van der Waals surface area contributed by atoms with Crippen LogP contribution in [0.15, 0.2) is 12.7 Å².